The van der Waals surface area contributed by atoms with Crippen LogP contribution in [0, 0.1) is 0 Å². The second kappa shape index (κ2) is 9.83. The lowest BCUT2D eigenvalue weighted by Crippen LogP contribution is -2.23. The minimum atomic E-state index is -0.254. The summed E-state index contributed by atoms with van der Waals surface area (Å²) in [5, 5.41) is 3.77. The van der Waals surface area contributed by atoms with Gasteiger partial charge >= 0.3 is 0 Å². The minimum Gasteiger partial charge on any atom is -0.325 e. The Kier molecular flexibility index (Phi) is 6.70. The highest BCUT2D eigenvalue weighted by molar-refractivity contribution is 7.99. The molecule has 7 heteroatoms. The molecule has 0 fully saturated rings. The zero-order chi connectivity index (χ0) is 23.4. The van der Waals surface area contributed by atoms with Crippen molar-refractivity contribution in [2.24, 2.45) is 0 Å². The summed E-state index contributed by atoms with van der Waals surface area (Å²) in [7, 11) is 0. The topological polar surface area (TPSA) is 81.1 Å². The average molecular weight is 458 g/mol. The summed E-state index contributed by atoms with van der Waals surface area (Å²) in [6.07, 6.45) is 0.901. The van der Waals surface area contributed by atoms with E-state index in [1.165, 1.54) is 24.2 Å². The van der Waals surface area contributed by atoms with E-state index in [0.717, 1.165) is 6.42 Å². The first-order valence-corrected chi connectivity index (χ1v) is 11.6. The van der Waals surface area contributed by atoms with Gasteiger partial charge in [0.15, 0.2) is 10.9 Å². The number of fused-ring (bicyclic) bond motifs is 1. The van der Waals surface area contributed by atoms with Gasteiger partial charge in [-0.2, -0.15) is 0 Å². The molecule has 1 heterocycles. The number of anilines is 1. The smallest absolute Gasteiger partial charge is 0.266 e. The van der Waals surface area contributed by atoms with Crippen LogP contribution in [0.1, 0.15) is 29.8 Å². The average Bonchev–Trinajstić information content (AvgIpc) is 2.83. The van der Waals surface area contributed by atoms with Crippen LogP contribution in [0.5, 0.6) is 0 Å². The Morgan fingerprint density at radius 3 is 2.48 bits per heavy atom. The van der Waals surface area contributed by atoms with E-state index >= 15 is 0 Å². The lowest BCUT2D eigenvalue weighted by atomic mass is 10.1. The van der Waals surface area contributed by atoms with E-state index in [0.29, 0.717) is 33.0 Å². The van der Waals surface area contributed by atoms with Crippen LogP contribution in [0.2, 0.25) is 0 Å². The number of carbonyl (C=O) groups excluding carboxylic acids is 2. The van der Waals surface area contributed by atoms with Crippen LogP contribution in [0.25, 0.3) is 16.6 Å². The van der Waals surface area contributed by atoms with Crippen molar-refractivity contribution >= 4 is 40.0 Å². The van der Waals surface area contributed by atoms with Gasteiger partial charge in [-0.25, -0.2) is 4.98 Å². The van der Waals surface area contributed by atoms with Gasteiger partial charge in [0.25, 0.3) is 5.56 Å². The number of amides is 1. The fourth-order valence-electron chi connectivity index (χ4n) is 3.46. The Balaban J connectivity index is 1.63. The lowest BCUT2D eigenvalue weighted by Gasteiger charge is -2.14. The number of benzene rings is 3. The molecule has 1 amide bonds. The van der Waals surface area contributed by atoms with Gasteiger partial charge in [-0.15, -0.1) is 0 Å². The number of hydrogen-bond acceptors (Lipinski definition) is 5. The van der Waals surface area contributed by atoms with E-state index in [1.54, 1.807) is 41.0 Å². The molecular weight excluding hydrogens is 434 g/mol. The first kappa shape index (κ1) is 22.5. The molecule has 0 radical (unpaired) electrons. The van der Waals surface area contributed by atoms with Gasteiger partial charge in [0, 0.05) is 11.3 Å². The normalized spacial score (nSPS) is 10.8. The van der Waals surface area contributed by atoms with Gasteiger partial charge in [-0.1, -0.05) is 55.1 Å². The first-order chi connectivity index (χ1) is 16.0. The molecule has 0 aliphatic rings. The highest BCUT2D eigenvalue weighted by atomic mass is 32.2. The standard InChI is InChI=1S/C26H23N3O3S/c1-3-18-11-13-21(14-12-18)29-25(32)22-9-4-5-10-23(22)28-26(29)33-16-24(31)27-20-8-6-7-19(15-20)17(2)30/h4-15H,3,16H2,1-2H3,(H,27,31). The molecule has 1 aromatic heterocycles. The number of nitrogens with one attached hydrogen (secondary N) is 1. The Hall–Kier alpha value is -3.71. The third kappa shape index (κ3) is 5.04. The number of nitrogens with zero attached hydrogens (tertiary/aromatic N) is 2. The number of ketones is 1. The largest absolute Gasteiger partial charge is 0.325 e. The molecule has 3 aromatic carbocycles. The van der Waals surface area contributed by atoms with Crippen LogP contribution in [0.4, 0.5) is 5.69 Å². The van der Waals surface area contributed by atoms with Crippen molar-refractivity contribution in [3.8, 4) is 5.69 Å². The van der Waals surface area contributed by atoms with Gasteiger partial charge in [-0.05, 0) is 55.3 Å². The van der Waals surface area contributed by atoms with Gasteiger partial charge < -0.3 is 5.32 Å². The zero-order valence-corrected chi connectivity index (χ0v) is 19.2. The van der Waals surface area contributed by atoms with Crippen molar-refractivity contribution < 1.29 is 9.59 Å². The summed E-state index contributed by atoms with van der Waals surface area (Å²) in [5.74, 6) is -0.266. The van der Waals surface area contributed by atoms with Crippen LogP contribution in [0.15, 0.2) is 82.7 Å². The highest BCUT2D eigenvalue weighted by Gasteiger charge is 2.15. The number of hydrogen-bond donors (Lipinski definition) is 1. The summed E-state index contributed by atoms with van der Waals surface area (Å²) in [6.45, 7) is 3.55. The molecule has 0 bridgehead atoms. The SMILES string of the molecule is CCc1ccc(-n2c(SCC(=O)Nc3cccc(C(C)=O)c3)nc3ccccc3c2=O)cc1. The van der Waals surface area contributed by atoms with Crippen LogP contribution in [-0.4, -0.2) is 27.0 Å². The lowest BCUT2D eigenvalue weighted by molar-refractivity contribution is -0.113. The molecule has 6 nitrogen and oxygen atoms in total. The third-order valence-corrected chi connectivity index (χ3v) is 6.17. The molecule has 0 spiro atoms. The molecule has 4 rings (SSSR count). The Labute approximate surface area is 195 Å². The summed E-state index contributed by atoms with van der Waals surface area (Å²) in [4.78, 5) is 42.2. The van der Waals surface area contributed by atoms with Crippen LogP contribution in [-0.2, 0) is 11.2 Å². The van der Waals surface area contributed by atoms with E-state index < -0.39 is 0 Å². The van der Waals surface area contributed by atoms with E-state index in [-0.39, 0.29) is 23.0 Å². The maximum absolute atomic E-state index is 13.3. The second-order valence-corrected chi connectivity index (χ2v) is 8.49. The molecular formula is C26H23N3O3S. The monoisotopic (exact) mass is 457 g/mol. The zero-order valence-electron chi connectivity index (χ0n) is 18.4. The number of thioether (sulfide) groups is 1. The Bertz CT molecular complexity index is 1390. The van der Waals surface area contributed by atoms with Crippen molar-refractivity contribution in [1.29, 1.82) is 0 Å². The maximum Gasteiger partial charge on any atom is 0.266 e. The Morgan fingerprint density at radius 1 is 1.00 bits per heavy atom. The molecule has 0 saturated carbocycles. The summed E-state index contributed by atoms with van der Waals surface area (Å²) < 4.78 is 1.55. The molecule has 0 atom stereocenters. The summed E-state index contributed by atoms with van der Waals surface area (Å²) in [6, 6.07) is 21.8. The van der Waals surface area contributed by atoms with Crippen molar-refractivity contribution in [3.63, 3.8) is 0 Å². The fourth-order valence-corrected chi connectivity index (χ4v) is 4.27. The van der Waals surface area contributed by atoms with E-state index in [4.69, 9.17) is 0 Å². The first-order valence-electron chi connectivity index (χ1n) is 10.6. The minimum absolute atomic E-state index is 0.0577. The van der Waals surface area contributed by atoms with Gasteiger partial charge in [0.1, 0.15) is 0 Å². The molecule has 4 aromatic rings. The number of rotatable bonds is 7. The predicted octanol–water partition coefficient (Wildman–Crippen LogP) is 4.88. The number of aromatic nitrogens is 2. The van der Waals surface area contributed by atoms with Gasteiger partial charge in [-0.3, -0.25) is 19.0 Å². The molecule has 1 N–H and O–H groups in total. The molecule has 0 unspecified atom stereocenters. The molecule has 0 aliphatic carbocycles. The maximum atomic E-state index is 13.3. The van der Waals surface area contributed by atoms with Gasteiger partial charge in [0.2, 0.25) is 5.91 Å². The van der Waals surface area contributed by atoms with Crippen molar-refractivity contribution in [3.05, 3.63) is 94.3 Å². The number of Topliss-reactive ketones (excluding diaryl/α,β-unsaturated/α-hetero) is 1. The summed E-state index contributed by atoms with van der Waals surface area (Å²) in [5.41, 5.74) is 3.35. The molecule has 33 heavy (non-hydrogen) atoms. The van der Waals surface area contributed by atoms with Crippen molar-refractivity contribution in [2.45, 2.75) is 25.4 Å². The van der Waals surface area contributed by atoms with E-state index in [2.05, 4.69) is 17.2 Å². The van der Waals surface area contributed by atoms with E-state index in [9.17, 15) is 14.4 Å². The number of para-hydroxylation sites is 1. The van der Waals surface area contributed by atoms with Crippen LogP contribution in [0.3, 0.4) is 0 Å². The van der Waals surface area contributed by atoms with Crippen molar-refractivity contribution in [1.82, 2.24) is 9.55 Å². The Morgan fingerprint density at radius 2 is 1.76 bits per heavy atom. The number of carbonyl (C=O) groups is 2. The second-order valence-electron chi connectivity index (χ2n) is 7.55. The van der Waals surface area contributed by atoms with E-state index in [1.807, 2.05) is 36.4 Å². The third-order valence-electron chi connectivity index (χ3n) is 5.23. The molecule has 0 aliphatic heterocycles. The van der Waals surface area contributed by atoms with Crippen LogP contribution >= 0.6 is 11.8 Å². The quantitative estimate of drug-likeness (QED) is 0.243. The van der Waals surface area contributed by atoms with Crippen LogP contribution < -0.4 is 10.9 Å². The predicted molar refractivity (Wildman–Crippen MR) is 133 cm³/mol. The summed E-state index contributed by atoms with van der Waals surface area (Å²) >= 11 is 1.19. The fraction of sp³-hybridized carbons (Fsp3) is 0.154. The molecule has 0 saturated heterocycles. The molecule has 166 valence electrons. The van der Waals surface area contributed by atoms with Gasteiger partial charge in [0.05, 0.1) is 22.3 Å². The number of aryl methyl sites for hydroxylation is 1. The highest BCUT2D eigenvalue weighted by Crippen LogP contribution is 2.22. The van der Waals surface area contributed by atoms with Crippen molar-refractivity contribution in [2.75, 3.05) is 11.1 Å².